The second-order valence-corrected chi connectivity index (χ2v) is 7.19. The lowest BCUT2D eigenvalue weighted by Crippen LogP contribution is -2.46. The van der Waals surface area contributed by atoms with E-state index in [1.807, 2.05) is 6.07 Å². The Balaban J connectivity index is 1.29. The smallest absolute Gasteiger partial charge is 0.122 e. The van der Waals surface area contributed by atoms with Crippen LogP contribution < -0.4 is 14.4 Å². The SMILES string of the molecule is COc1cccc(N2CCN(CCC3CCOc4ccccc43)CC2)c1. The molecule has 1 unspecified atom stereocenters. The quantitative estimate of drug-likeness (QED) is 0.818. The fourth-order valence-corrected chi connectivity index (χ4v) is 4.09. The van der Waals surface area contributed by atoms with Gasteiger partial charge in [0, 0.05) is 37.9 Å². The molecule has 4 rings (SSSR count). The van der Waals surface area contributed by atoms with Crippen LogP contribution in [0.3, 0.4) is 0 Å². The first-order valence-corrected chi connectivity index (χ1v) is 9.66. The fourth-order valence-electron chi connectivity index (χ4n) is 4.09. The molecule has 2 aromatic rings. The number of anilines is 1. The van der Waals surface area contributed by atoms with Gasteiger partial charge in [0.05, 0.1) is 13.7 Å². The van der Waals surface area contributed by atoms with Gasteiger partial charge >= 0.3 is 0 Å². The maximum absolute atomic E-state index is 5.80. The van der Waals surface area contributed by atoms with Crippen LogP contribution >= 0.6 is 0 Å². The van der Waals surface area contributed by atoms with Crippen molar-refractivity contribution in [1.82, 2.24) is 4.90 Å². The van der Waals surface area contributed by atoms with Crippen molar-refractivity contribution in [3.8, 4) is 11.5 Å². The maximum Gasteiger partial charge on any atom is 0.122 e. The first kappa shape index (κ1) is 17.2. The molecule has 2 aliphatic heterocycles. The van der Waals surface area contributed by atoms with Crippen LogP contribution in [0.25, 0.3) is 0 Å². The van der Waals surface area contributed by atoms with Crippen molar-refractivity contribution in [2.75, 3.05) is 51.3 Å². The Morgan fingerprint density at radius 2 is 1.88 bits per heavy atom. The third-order valence-corrected chi connectivity index (χ3v) is 5.67. The lowest BCUT2D eigenvalue weighted by atomic mass is 9.90. The van der Waals surface area contributed by atoms with Gasteiger partial charge in [0.2, 0.25) is 0 Å². The van der Waals surface area contributed by atoms with Crippen molar-refractivity contribution < 1.29 is 9.47 Å². The molecule has 0 bridgehead atoms. The Labute approximate surface area is 156 Å². The minimum atomic E-state index is 0.636. The van der Waals surface area contributed by atoms with Gasteiger partial charge in [-0.25, -0.2) is 0 Å². The lowest BCUT2D eigenvalue weighted by molar-refractivity contribution is 0.223. The molecule has 26 heavy (non-hydrogen) atoms. The molecule has 4 nitrogen and oxygen atoms in total. The average molecular weight is 352 g/mol. The van der Waals surface area contributed by atoms with E-state index in [2.05, 4.69) is 52.3 Å². The fraction of sp³-hybridized carbons (Fsp3) is 0.455. The van der Waals surface area contributed by atoms with Gasteiger partial charge in [-0.2, -0.15) is 0 Å². The van der Waals surface area contributed by atoms with Crippen molar-refractivity contribution >= 4 is 5.69 Å². The van der Waals surface area contributed by atoms with E-state index in [9.17, 15) is 0 Å². The second-order valence-electron chi connectivity index (χ2n) is 7.19. The lowest BCUT2D eigenvalue weighted by Gasteiger charge is -2.37. The molecular formula is C22H28N2O2. The number of nitrogens with zero attached hydrogens (tertiary/aromatic N) is 2. The Bertz CT molecular complexity index is 726. The third-order valence-electron chi connectivity index (χ3n) is 5.67. The summed E-state index contributed by atoms with van der Waals surface area (Å²) in [4.78, 5) is 5.07. The summed E-state index contributed by atoms with van der Waals surface area (Å²) in [6.45, 7) is 6.44. The number of rotatable bonds is 5. The van der Waals surface area contributed by atoms with Crippen LogP contribution in [0.15, 0.2) is 48.5 Å². The van der Waals surface area contributed by atoms with E-state index in [4.69, 9.17) is 9.47 Å². The number of benzene rings is 2. The van der Waals surface area contributed by atoms with Crippen LogP contribution in [0, 0.1) is 0 Å². The summed E-state index contributed by atoms with van der Waals surface area (Å²) in [7, 11) is 1.73. The topological polar surface area (TPSA) is 24.9 Å². The molecule has 0 aliphatic carbocycles. The number of methoxy groups -OCH3 is 1. The Morgan fingerprint density at radius 1 is 1.04 bits per heavy atom. The molecule has 0 radical (unpaired) electrons. The highest BCUT2D eigenvalue weighted by Gasteiger charge is 2.23. The van der Waals surface area contributed by atoms with E-state index in [1.54, 1.807) is 7.11 Å². The summed E-state index contributed by atoms with van der Waals surface area (Å²) in [6.07, 6.45) is 2.36. The first-order chi connectivity index (χ1) is 12.8. The Morgan fingerprint density at radius 3 is 2.73 bits per heavy atom. The number of hydrogen-bond donors (Lipinski definition) is 0. The first-order valence-electron chi connectivity index (χ1n) is 9.66. The van der Waals surface area contributed by atoms with Gasteiger partial charge in [-0.3, -0.25) is 4.90 Å². The van der Waals surface area contributed by atoms with Crippen molar-refractivity contribution in [3.05, 3.63) is 54.1 Å². The monoisotopic (exact) mass is 352 g/mol. The summed E-state index contributed by atoms with van der Waals surface area (Å²) in [5.74, 6) is 2.66. The van der Waals surface area contributed by atoms with E-state index in [-0.39, 0.29) is 0 Å². The maximum atomic E-state index is 5.80. The molecule has 1 saturated heterocycles. The summed E-state index contributed by atoms with van der Waals surface area (Å²) in [6, 6.07) is 16.9. The van der Waals surface area contributed by atoms with E-state index in [1.165, 1.54) is 24.2 Å². The highest BCUT2D eigenvalue weighted by Crippen LogP contribution is 2.35. The molecule has 2 aliphatic rings. The molecular weight excluding hydrogens is 324 g/mol. The van der Waals surface area contributed by atoms with E-state index < -0.39 is 0 Å². The highest BCUT2D eigenvalue weighted by molar-refractivity contribution is 5.51. The molecule has 0 N–H and O–H groups in total. The van der Waals surface area contributed by atoms with Gasteiger partial charge in [-0.15, -0.1) is 0 Å². The van der Waals surface area contributed by atoms with Gasteiger partial charge in [0.25, 0.3) is 0 Å². The highest BCUT2D eigenvalue weighted by atomic mass is 16.5. The molecule has 4 heteroatoms. The molecule has 0 spiro atoms. The second kappa shape index (κ2) is 8.00. The number of fused-ring (bicyclic) bond motifs is 1. The Kier molecular flexibility index (Phi) is 5.30. The summed E-state index contributed by atoms with van der Waals surface area (Å²) in [5.41, 5.74) is 2.66. The van der Waals surface area contributed by atoms with Crippen LogP contribution in [0.2, 0.25) is 0 Å². The normalized spacial score (nSPS) is 20.3. The minimum absolute atomic E-state index is 0.636. The van der Waals surface area contributed by atoms with E-state index in [0.717, 1.165) is 50.7 Å². The van der Waals surface area contributed by atoms with Gasteiger partial charge in [0.1, 0.15) is 11.5 Å². The molecule has 1 atom stereocenters. The molecule has 138 valence electrons. The van der Waals surface area contributed by atoms with Gasteiger partial charge in [0.15, 0.2) is 0 Å². The predicted molar refractivity (Wildman–Crippen MR) is 106 cm³/mol. The van der Waals surface area contributed by atoms with Crippen molar-refractivity contribution in [1.29, 1.82) is 0 Å². The van der Waals surface area contributed by atoms with Crippen molar-refractivity contribution in [2.24, 2.45) is 0 Å². The molecule has 2 heterocycles. The van der Waals surface area contributed by atoms with Gasteiger partial charge in [-0.1, -0.05) is 24.3 Å². The largest absolute Gasteiger partial charge is 0.497 e. The van der Waals surface area contributed by atoms with Crippen LogP contribution in [0.1, 0.15) is 24.3 Å². The minimum Gasteiger partial charge on any atom is -0.497 e. The summed E-state index contributed by atoms with van der Waals surface area (Å²) < 4.78 is 11.2. The van der Waals surface area contributed by atoms with E-state index >= 15 is 0 Å². The standard InChI is InChI=1S/C22H28N2O2/c1-25-20-6-4-5-19(17-20)24-14-12-23(13-15-24)11-9-18-10-16-26-22-8-3-2-7-21(18)22/h2-8,17-18H,9-16H2,1H3. The average Bonchev–Trinajstić information content (AvgIpc) is 2.72. The van der Waals surface area contributed by atoms with Gasteiger partial charge in [-0.05, 0) is 49.1 Å². The zero-order valence-electron chi connectivity index (χ0n) is 15.6. The van der Waals surface area contributed by atoms with Crippen LogP contribution in [-0.4, -0.2) is 51.3 Å². The molecule has 0 aromatic heterocycles. The third kappa shape index (κ3) is 3.80. The number of ether oxygens (including phenoxy) is 2. The summed E-state index contributed by atoms with van der Waals surface area (Å²) >= 11 is 0. The van der Waals surface area contributed by atoms with Crippen molar-refractivity contribution in [2.45, 2.75) is 18.8 Å². The molecule has 2 aromatic carbocycles. The summed E-state index contributed by atoms with van der Waals surface area (Å²) in [5, 5.41) is 0. The zero-order chi connectivity index (χ0) is 17.8. The molecule has 0 saturated carbocycles. The van der Waals surface area contributed by atoms with Crippen LogP contribution in [0.5, 0.6) is 11.5 Å². The van der Waals surface area contributed by atoms with Gasteiger partial charge < -0.3 is 14.4 Å². The molecule has 0 amide bonds. The van der Waals surface area contributed by atoms with Crippen LogP contribution in [-0.2, 0) is 0 Å². The predicted octanol–water partition coefficient (Wildman–Crippen LogP) is 3.77. The van der Waals surface area contributed by atoms with E-state index in [0.29, 0.717) is 5.92 Å². The Hall–Kier alpha value is -2.20. The molecule has 1 fully saturated rings. The zero-order valence-corrected chi connectivity index (χ0v) is 15.6. The number of piperazine rings is 1. The number of hydrogen-bond acceptors (Lipinski definition) is 4. The number of para-hydroxylation sites is 1. The van der Waals surface area contributed by atoms with Crippen molar-refractivity contribution in [3.63, 3.8) is 0 Å². The van der Waals surface area contributed by atoms with Crippen LogP contribution in [0.4, 0.5) is 5.69 Å².